The first kappa shape index (κ1) is 11.4. The predicted molar refractivity (Wildman–Crippen MR) is 42.0 cm³/mol. The van der Waals surface area contributed by atoms with Gasteiger partial charge in [0.2, 0.25) is 0 Å². The van der Waals surface area contributed by atoms with Crippen LogP contribution in [0.4, 0.5) is 0 Å². The number of carbonyl (C=O) groups excluding carboxylic acids is 1. The van der Waals surface area contributed by atoms with E-state index in [1.807, 2.05) is 0 Å². The molecule has 0 bridgehead atoms. The minimum Gasteiger partial charge on any atom is -0.550 e. The van der Waals surface area contributed by atoms with E-state index in [-0.39, 0.29) is 0 Å². The lowest BCUT2D eigenvalue weighted by atomic mass is 9.94. The highest BCUT2D eigenvalue weighted by molar-refractivity contribution is 5.65. The first-order chi connectivity index (χ1) is 6.43. The van der Waals surface area contributed by atoms with E-state index in [0.717, 1.165) is 0 Å². The number of rotatable bonds is 2. The standard InChI is InChI=1S/C8H14O6/c1-3-6(11)8(13)7(12)4(14-3)2-5(9)10/h3-4,6-8,11-13H,2H2,1H3,(H,9,10)/p-1/t3-,4?,6-,7-,8?/m1/s1. The van der Waals surface area contributed by atoms with Crippen molar-refractivity contribution in [2.24, 2.45) is 0 Å². The fraction of sp³-hybridized carbons (Fsp3) is 0.875. The molecule has 14 heavy (non-hydrogen) atoms. The lowest BCUT2D eigenvalue weighted by Gasteiger charge is -2.39. The lowest BCUT2D eigenvalue weighted by molar-refractivity contribution is -0.312. The minimum absolute atomic E-state index is 0.505. The van der Waals surface area contributed by atoms with Gasteiger partial charge >= 0.3 is 0 Å². The summed E-state index contributed by atoms with van der Waals surface area (Å²) in [7, 11) is 0. The third-order valence-corrected chi connectivity index (χ3v) is 2.32. The molecule has 1 rings (SSSR count). The summed E-state index contributed by atoms with van der Waals surface area (Å²) >= 11 is 0. The zero-order valence-corrected chi connectivity index (χ0v) is 7.66. The molecule has 6 nitrogen and oxygen atoms in total. The van der Waals surface area contributed by atoms with E-state index in [4.69, 9.17) is 4.74 Å². The van der Waals surface area contributed by atoms with Gasteiger partial charge < -0.3 is 30.0 Å². The molecule has 6 heteroatoms. The van der Waals surface area contributed by atoms with Crippen LogP contribution in [0.25, 0.3) is 0 Å². The van der Waals surface area contributed by atoms with Crippen molar-refractivity contribution in [3.05, 3.63) is 0 Å². The van der Waals surface area contributed by atoms with Crippen molar-refractivity contribution in [3.8, 4) is 0 Å². The summed E-state index contributed by atoms with van der Waals surface area (Å²) < 4.78 is 5.01. The van der Waals surface area contributed by atoms with Gasteiger partial charge in [-0.25, -0.2) is 0 Å². The van der Waals surface area contributed by atoms with Gasteiger partial charge in [0.05, 0.1) is 12.2 Å². The van der Waals surface area contributed by atoms with E-state index in [2.05, 4.69) is 0 Å². The Labute approximate surface area is 80.7 Å². The number of ether oxygens (including phenoxy) is 1. The summed E-state index contributed by atoms with van der Waals surface area (Å²) in [5.41, 5.74) is 0. The van der Waals surface area contributed by atoms with Gasteiger partial charge in [-0.2, -0.15) is 0 Å². The number of hydrogen-bond donors (Lipinski definition) is 3. The van der Waals surface area contributed by atoms with E-state index >= 15 is 0 Å². The lowest BCUT2D eigenvalue weighted by Crippen LogP contribution is -2.57. The molecule has 5 atom stereocenters. The third kappa shape index (κ3) is 2.21. The molecule has 0 saturated carbocycles. The summed E-state index contributed by atoms with van der Waals surface area (Å²) in [6.45, 7) is 1.49. The molecule has 1 saturated heterocycles. The first-order valence-corrected chi connectivity index (χ1v) is 4.33. The Bertz CT molecular complexity index is 218. The maximum Gasteiger partial charge on any atom is 0.111 e. The second-order valence-corrected chi connectivity index (χ2v) is 3.43. The largest absolute Gasteiger partial charge is 0.550 e. The van der Waals surface area contributed by atoms with Gasteiger partial charge in [-0.05, 0) is 6.92 Å². The summed E-state index contributed by atoms with van der Waals surface area (Å²) in [4.78, 5) is 10.3. The molecule has 0 aromatic carbocycles. The van der Waals surface area contributed by atoms with E-state index in [9.17, 15) is 25.2 Å². The first-order valence-electron chi connectivity index (χ1n) is 4.33. The van der Waals surface area contributed by atoms with Crippen molar-refractivity contribution in [3.63, 3.8) is 0 Å². The van der Waals surface area contributed by atoms with Crippen LogP contribution in [-0.2, 0) is 9.53 Å². The number of carboxylic acid groups (broad SMARTS) is 1. The number of aliphatic hydroxyl groups excluding tert-OH is 3. The highest BCUT2D eigenvalue weighted by Gasteiger charge is 2.41. The van der Waals surface area contributed by atoms with Crippen LogP contribution in [0.5, 0.6) is 0 Å². The number of aliphatic carboxylic acids is 1. The zero-order valence-electron chi connectivity index (χ0n) is 7.66. The van der Waals surface area contributed by atoms with E-state index in [0.29, 0.717) is 0 Å². The molecule has 2 unspecified atom stereocenters. The number of hydrogen-bond acceptors (Lipinski definition) is 6. The van der Waals surface area contributed by atoms with Crippen LogP contribution in [-0.4, -0.2) is 51.8 Å². The molecule has 0 aliphatic carbocycles. The van der Waals surface area contributed by atoms with Crippen LogP contribution in [0.15, 0.2) is 0 Å². The van der Waals surface area contributed by atoms with Crippen molar-refractivity contribution in [2.75, 3.05) is 0 Å². The molecule has 0 aromatic heterocycles. The van der Waals surface area contributed by atoms with Crippen LogP contribution < -0.4 is 5.11 Å². The van der Waals surface area contributed by atoms with Gasteiger partial charge in [-0.15, -0.1) is 0 Å². The van der Waals surface area contributed by atoms with Crippen molar-refractivity contribution in [2.45, 2.75) is 43.9 Å². The Morgan fingerprint density at radius 1 is 1.29 bits per heavy atom. The average Bonchev–Trinajstić information content (AvgIpc) is 2.10. The smallest absolute Gasteiger partial charge is 0.111 e. The van der Waals surface area contributed by atoms with Crippen LogP contribution in [0.3, 0.4) is 0 Å². The molecule has 0 aromatic rings. The molecule has 1 aliphatic rings. The Kier molecular flexibility index (Phi) is 3.43. The fourth-order valence-electron chi connectivity index (χ4n) is 1.47. The second kappa shape index (κ2) is 4.22. The molecule has 1 aliphatic heterocycles. The minimum atomic E-state index is -1.40. The van der Waals surface area contributed by atoms with Gasteiger partial charge in [-0.1, -0.05) is 0 Å². The molecule has 1 heterocycles. The Balaban J connectivity index is 2.65. The zero-order chi connectivity index (χ0) is 10.9. The van der Waals surface area contributed by atoms with E-state index < -0.39 is 42.9 Å². The van der Waals surface area contributed by atoms with Crippen molar-refractivity contribution in [1.29, 1.82) is 0 Å². The van der Waals surface area contributed by atoms with E-state index in [1.54, 1.807) is 0 Å². The summed E-state index contributed by atoms with van der Waals surface area (Å²) in [6.07, 6.45) is -6.24. The molecule has 0 amide bonds. The molecule has 3 N–H and O–H groups in total. The molecular weight excluding hydrogens is 192 g/mol. The number of carbonyl (C=O) groups is 1. The maximum absolute atomic E-state index is 10.3. The van der Waals surface area contributed by atoms with Gasteiger partial charge in [0.1, 0.15) is 18.3 Å². The molecule has 82 valence electrons. The fourth-order valence-corrected chi connectivity index (χ4v) is 1.47. The third-order valence-electron chi connectivity index (χ3n) is 2.32. The van der Waals surface area contributed by atoms with Crippen LogP contribution in [0, 0.1) is 0 Å². The summed E-state index contributed by atoms with van der Waals surface area (Å²) in [6, 6.07) is 0. The monoisotopic (exact) mass is 205 g/mol. The predicted octanol–water partition coefficient (Wildman–Crippen LogP) is -3.00. The highest BCUT2D eigenvalue weighted by Crippen LogP contribution is 2.22. The van der Waals surface area contributed by atoms with Crippen LogP contribution in [0.1, 0.15) is 13.3 Å². The van der Waals surface area contributed by atoms with E-state index in [1.165, 1.54) is 6.92 Å². The quantitative estimate of drug-likeness (QED) is 0.443. The maximum atomic E-state index is 10.3. The normalized spacial score (nSPS) is 43.6. The van der Waals surface area contributed by atoms with Gasteiger partial charge in [0, 0.05) is 12.4 Å². The number of aliphatic hydroxyl groups is 3. The SMILES string of the molecule is C[C@H]1OC(CC(=O)[O-])[C@@H](O)C(O)[C@@H]1O. The Morgan fingerprint density at radius 3 is 2.36 bits per heavy atom. The molecule has 1 fully saturated rings. The average molecular weight is 205 g/mol. The van der Waals surface area contributed by atoms with Gasteiger partial charge in [-0.3, -0.25) is 0 Å². The summed E-state index contributed by atoms with van der Waals surface area (Å²) in [5.74, 6) is -1.37. The topological polar surface area (TPSA) is 110 Å². The summed E-state index contributed by atoms with van der Waals surface area (Å²) in [5, 5.41) is 38.2. The highest BCUT2D eigenvalue weighted by atomic mass is 16.5. The van der Waals surface area contributed by atoms with Crippen molar-refractivity contribution < 1.29 is 30.0 Å². The molecule has 0 spiro atoms. The number of carboxylic acids is 1. The molecule has 0 radical (unpaired) electrons. The van der Waals surface area contributed by atoms with Gasteiger partial charge in [0.25, 0.3) is 0 Å². The molecular formula is C8H13O6-. The van der Waals surface area contributed by atoms with Gasteiger partial charge in [0.15, 0.2) is 0 Å². The van der Waals surface area contributed by atoms with Crippen LogP contribution >= 0.6 is 0 Å². The van der Waals surface area contributed by atoms with Crippen LogP contribution in [0.2, 0.25) is 0 Å². The van der Waals surface area contributed by atoms with Crippen molar-refractivity contribution >= 4 is 5.97 Å². The van der Waals surface area contributed by atoms with Crippen molar-refractivity contribution in [1.82, 2.24) is 0 Å². The Morgan fingerprint density at radius 2 is 1.86 bits per heavy atom. The second-order valence-electron chi connectivity index (χ2n) is 3.43. The Hall–Kier alpha value is -0.690.